The number of aromatic nitrogens is 7. The van der Waals surface area contributed by atoms with E-state index in [1.165, 1.54) is 0 Å². The minimum Gasteiger partial charge on any atom is -0.268 e. The molecular formula is C14H18BrN7S. The highest BCUT2D eigenvalue weighted by Gasteiger charge is 2.16. The molecule has 0 fully saturated rings. The van der Waals surface area contributed by atoms with E-state index in [2.05, 4.69) is 43.2 Å². The summed E-state index contributed by atoms with van der Waals surface area (Å²) in [6, 6.07) is 0. The zero-order chi connectivity index (χ0) is 16.7. The Kier molecular flexibility index (Phi) is 4.24. The van der Waals surface area contributed by atoms with Crippen molar-refractivity contribution in [1.29, 1.82) is 0 Å². The molecule has 0 bridgehead atoms. The molecule has 0 spiro atoms. The SMILES string of the molecule is CCn1ncc(-n2c(Cn3nc(C)c(Br)c3C)n[nH]c2=S)c1C. The fraction of sp³-hybridized carbons (Fsp3) is 0.429. The summed E-state index contributed by atoms with van der Waals surface area (Å²) in [6.07, 6.45) is 1.82. The van der Waals surface area contributed by atoms with E-state index < -0.39 is 0 Å². The topological polar surface area (TPSA) is 69.2 Å². The summed E-state index contributed by atoms with van der Waals surface area (Å²) in [7, 11) is 0. The molecule has 0 aliphatic rings. The summed E-state index contributed by atoms with van der Waals surface area (Å²) in [5.41, 5.74) is 4.02. The molecule has 3 aromatic heterocycles. The van der Waals surface area contributed by atoms with Crippen LogP contribution in [0, 0.1) is 25.5 Å². The van der Waals surface area contributed by atoms with Crippen molar-refractivity contribution in [2.75, 3.05) is 0 Å². The number of nitrogens with zero attached hydrogens (tertiary/aromatic N) is 6. The van der Waals surface area contributed by atoms with E-state index >= 15 is 0 Å². The van der Waals surface area contributed by atoms with Crippen LogP contribution in [0.2, 0.25) is 0 Å². The van der Waals surface area contributed by atoms with Crippen molar-refractivity contribution in [3.63, 3.8) is 0 Å². The van der Waals surface area contributed by atoms with Gasteiger partial charge in [0.1, 0.15) is 6.54 Å². The molecule has 0 radical (unpaired) electrons. The number of aryl methyl sites for hydroxylation is 2. The van der Waals surface area contributed by atoms with Crippen molar-refractivity contribution < 1.29 is 0 Å². The second kappa shape index (κ2) is 6.04. The Labute approximate surface area is 147 Å². The van der Waals surface area contributed by atoms with Crippen molar-refractivity contribution in [2.24, 2.45) is 0 Å². The number of nitrogens with one attached hydrogen (secondary N) is 1. The maximum atomic E-state index is 5.41. The van der Waals surface area contributed by atoms with Crippen molar-refractivity contribution in [3.05, 3.63) is 38.3 Å². The van der Waals surface area contributed by atoms with Gasteiger partial charge < -0.3 is 0 Å². The molecule has 23 heavy (non-hydrogen) atoms. The van der Waals surface area contributed by atoms with E-state index in [1.807, 2.05) is 40.9 Å². The molecule has 1 N–H and O–H groups in total. The second-order valence-electron chi connectivity index (χ2n) is 5.35. The van der Waals surface area contributed by atoms with Crippen molar-refractivity contribution in [3.8, 4) is 5.69 Å². The molecule has 0 atom stereocenters. The third kappa shape index (κ3) is 2.67. The van der Waals surface area contributed by atoms with Gasteiger partial charge in [0.15, 0.2) is 10.6 Å². The number of aromatic amines is 1. The Morgan fingerprint density at radius 2 is 1.96 bits per heavy atom. The third-order valence-electron chi connectivity index (χ3n) is 3.94. The first-order valence-electron chi connectivity index (χ1n) is 7.32. The lowest BCUT2D eigenvalue weighted by atomic mass is 10.3. The Balaban J connectivity index is 2.07. The average molecular weight is 396 g/mol. The van der Waals surface area contributed by atoms with Gasteiger partial charge in [-0.2, -0.15) is 15.3 Å². The van der Waals surface area contributed by atoms with Gasteiger partial charge in [-0.05, 0) is 55.8 Å². The van der Waals surface area contributed by atoms with Crippen LogP contribution in [0.25, 0.3) is 5.69 Å². The van der Waals surface area contributed by atoms with E-state index in [0.717, 1.165) is 39.6 Å². The molecule has 0 aromatic carbocycles. The van der Waals surface area contributed by atoms with Crippen LogP contribution in [-0.2, 0) is 13.1 Å². The van der Waals surface area contributed by atoms with Crippen LogP contribution < -0.4 is 0 Å². The van der Waals surface area contributed by atoms with Crippen LogP contribution in [0.15, 0.2) is 10.7 Å². The maximum absolute atomic E-state index is 5.41. The van der Waals surface area contributed by atoms with Crippen LogP contribution in [0.5, 0.6) is 0 Å². The largest absolute Gasteiger partial charge is 0.268 e. The Hall–Kier alpha value is -1.74. The minimum absolute atomic E-state index is 0.530. The molecule has 7 nitrogen and oxygen atoms in total. The predicted octanol–water partition coefficient (Wildman–Crippen LogP) is 3.08. The summed E-state index contributed by atoms with van der Waals surface area (Å²) in [5, 5.41) is 16.2. The normalized spacial score (nSPS) is 11.3. The van der Waals surface area contributed by atoms with Crippen LogP contribution in [0.1, 0.15) is 29.8 Å². The number of hydrogen-bond acceptors (Lipinski definition) is 4. The summed E-state index contributed by atoms with van der Waals surface area (Å²) in [5.74, 6) is 0.798. The van der Waals surface area contributed by atoms with Crippen LogP contribution in [0.4, 0.5) is 0 Å². The van der Waals surface area contributed by atoms with Gasteiger partial charge in [-0.3, -0.25) is 19.0 Å². The zero-order valence-electron chi connectivity index (χ0n) is 13.5. The van der Waals surface area contributed by atoms with Crippen LogP contribution >= 0.6 is 28.1 Å². The number of halogens is 1. The lowest BCUT2D eigenvalue weighted by Gasteiger charge is -2.08. The van der Waals surface area contributed by atoms with Crippen LogP contribution in [-0.4, -0.2) is 34.3 Å². The molecule has 0 aliphatic carbocycles. The first kappa shape index (κ1) is 16.1. The first-order chi connectivity index (χ1) is 10.9. The monoisotopic (exact) mass is 395 g/mol. The molecular weight excluding hydrogens is 378 g/mol. The van der Waals surface area contributed by atoms with E-state index in [0.29, 0.717) is 11.3 Å². The standard InChI is InChI=1S/C14H18BrN7S/c1-5-20-9(3)11(6-16-20)22-12(17-18-14(22)23)7-21-10(4)13(15)8(2)19-21/h6H,5,7H2,1-4H3,(H,18,23). The Bertz CT molecular complexity index is 914. The maximum Gasteiger partial charge on any atom is 0.200 e. The molecule has 122 valence electrons. The Morgan fingerprint density at radius 3 is 2.52 bits per heavy atom. The Morgan fingerprint density at radius 1 is 1.22 bits per heavy atom. The first-order valence-corrected chi connectivity index (χ1v) is 8.52. The van der Waals surface area contributed by atoms with Crippen LogP contribution in [0.3, 0.4) is 0 Å². The predicted molar refractivity (Wildman–Crippen MR) is 93.4 cm³/mol. The fourth-order valence-corrected chi connectivity index (χ4v) is 3.16. The summed E-state index contributed by atoms with van der Waals surface area (Å²) in [6.45, 7) is 9.44. The van der Waals surface area contributed by atoms with Crippen molar-refractivity contribution >= 4 is 28.1 Å². The quantitative estimate of drug-likeness (QED) is 0.689. The van der Waals surface area contributed by atoms with Gasteiger partial charge in [0.2, 0.25) is 0 Å². The fourth-order valence-electron chi connectivity index (χ4n) is 2.62. The van der Waals surface area contributed by atoms with Gasteiger partial charge in [0, 0.05) is 6.54 Å². The molecule has 3 rings (SSSR count). The average Bonchev–Trinajstić information content (AvgIpc) is 3.13. The molecule has 3 heterocycles. The molecule has 3 aromatic rings. The zero-order valence-corrected chi connectivity index (χ0v) is 15.9. The highest BCUT2D eigenvalue weighted by molar-refractivity contribution is 9.10. The van der Waals surface area contributed by atoms with Crippen molar-refractivity contribution in [1.82, 2.24) is 34.3 Å². The number of rotatable bonds is 4. The minimum atomic E-state index is 0.530. The van der Waals surface area contributed by atoms with E-state index in [1.54, 1.807) is 0 Å². The van der Waals surface area contributed by atoms with Gasteiger partial charge in [0.25, 0.3) is 0 Å². The second-order valence-corrected chi connectivity index (χ2v) is 6.53. The molecule has 0 saturated carbocycles. The van der Waals surface area contributed by atoms with E-state index in [4.69, 9.17) is 12.2 Å². The van der Waals surface area contributed by atoms with Gasteiger partial charge >= 0.3 is 0 Å². The molecule has 0 aliphatic heterocycles. The lowest BCUT2D eigenvalue weighted by Crippen LogP contribution is -2.11. The smallest absolute Gasteiger partial charge is 0.200 e. The van der Waals surface area contributed by atoms with Gasteiger partial charge in [-0.15, -0.1) is 0 Å². The van der Waals surface area contributed by atoms with E-state index in [-0.39, 0.29) is 0 Å². The summed E-state index contributed by atoms with van der Waals surface area (Å²) in [4.78, 5) is 0. The van der Waals surface area contributed by atoms with Gasteiger partial charge in [0.05, 0.1) is 33.4 Å². The number of hydrogen-bond donors (Lipinski definition) is 1. The van der Waals surface area contributed by atoms with E-state index in [9.17, 15) is 0 Å². The van der Waals surface area contributed by atoms with Crippen molar-refractivity contribution in [2.45, 2.75) is 40.8 Å². The van der Waals surface area contributed by atoms with Gasteiger partial charge in [-0.1, -0.05) is 0 Å². The molecule has 0 amide bonds. The highest BCUT2D eigenvalue weighted by atomic mass is 79.9. The van der Waals surface area contributed by atoms with Gasteiger partial charge in [-0.25, -0.2) is 0 Å². The summed E-state index contributed by atoms with van der Waals surface area (Å²) < 4.78 is 7.36. The molecule has 9 heteroatoms. The third-order valence-corrected chi connectivity index (χ3v) is 5.37. The highest BCUT2D eigenvalue weighted by Crippen LogP contribution is 2.21. The summed E-state index contributed by atoms with van der Waals surface area (Å²) >= 11 is 8.96. The number of H-pyrrole nitrogens is 1. The lowest BCUT2D eigenvalue weighted by molar-refractivity contribution is 0.619. The molecule has 0 saturated heterocycles. The molecule has 0 unspecified atom stereocenters.